The average molecular weight is 411 g/mol. The number of carbonyl (C=O) groups is 1. The summed E-state index contributed by atoms with van der Waals surface area (Å²) in [5.41, 5.74) is 0.875. The van der Waals surface area contributed by atoms with Crippen molar-refractivity contribution in [2.75, 3.05) is 35.7 Å². The van der Waals surface area contributed by atoms with Crippen LogP contribution in [0.5, 0.6) is 5.75 Å². The van der Waals surface area contributed by atoms with Gasteiger partial charge in [-0.1, -0.05) is 23.5 Å². The number of hydrogen-bond donors (Lipinski definition) is 2. The van der Waals surface area contributed by atoms with Crippen LogP contribution in [0.1, 0.15) is 12.0 Å². The molecular weight excluding hydrogens is 390 g/mol. The van der Waals surface area contributed by atoms with Crippen molar-refractivity contribution < 1.29 is 9.53 Å². The molecule has 0 unspecified atom stereocenters. The molecule has 0 aliphatic carbocycles. The molecule has 0 saturated carbocycles. The van der Waals surface area contributed by atoms with Crippen LogP contribution in [0, 0.1) is 0 Å². The van der Waals surface area contributed by atoms with Crippen LogP contribution in [-0.4, -0.2) is 52.5 Å². The van der Waals surface area contributed by atoms with Gasteiger partial charge < -0.3 is 20.3 Å². The van der Waals surface area contributed by atoms with Gasteiger partial charge in [-0.05, 0) is 36.2 Å². The smallest absolute Gasteiger partial charge is 0.230 e. The Labute approximate surface area is 172 Å². The summed E-state index contributed by atoms with van der Waals surface area (Å²) in [7, 11) is 1.60. The number of benzene rings is 1. The number of nitrogens with zero attached hydrogens (tertiary/aromatic N) is 5. The topological polar surface area (TPSA) is 105 Å². The summed E-state index contributed by atoms with van der Waals surface area (Å²) in [5.74, 6) is 1.46. The largest absolute Gasteiger partial charge is 0.497 e. The Morgan fingerprint density at radius 1 is 1.24 bits per heavy atom. The maximum absolute atomic E-state index is 12.3. The molecule has 9 nitrogen and oxygen atoms in total. The van der Waals surface area contributed by atoms with Crippen molar-refractivity contribution in [3.63, 3.8) is 0 Å². The van der Waals surface area contributed by atoms with Crippen LogP contribution in [0.25, 0.3) is 0 Å². The second-order valence-corrected chi connectivity index (χ2v) is 7.62. The SMILES string of the molecule is COc1cccc(CC(=O)Nc2nnc(N[C@@H]3CCN(c4cccnn4)C3)s2)c1. The molecule has 1 saturated heterocycles. The molecule has 3 aromatic rings. The van der Waals surface area contributed by atoms with Gasteiger partial charge in [-0.3, -0.25) is 4.79 Å². The zero-order valence-electron chi connectivity index (χ0n) is 15.9. The predicted octanol–water partition coefficient (Wildman–Crippen LogP) is 2.21. The number of nitrogens with one attached hydrogen (secondary N) is 2. The Balaban J connectivity index is 1.29. The van der Waals surface area contributed by atoms with E-state index in [1.54, 1.807) is 13.3 Å². The molecular formula is C19H21N7O2S. The van der Waals surface area contributed by atoms with Crippen molar-refractivity contribution in [1.29, 1.82) is 0 Å². The van der Waals surface area contributed by atoms with Crippen LogP contribution in [0.4, 0.5) is 16.1 Å². The number of amides is 1. The lowest BCUT2D eigenvalue weighted by Gasteiger charge is -2.16. The molecule has 2 aromatic heterocycles. The molecule has 1 atom stereocenters. The zero-order valence-corrected chi connectivity index (χ0v) is 16.7. The van der Waals surface area contributed by atoms with E-state index in [-0.39, 0.29) is 18.4 Å². The van der Waals surface area contributed by atoms with E-state index in [1.165, 1.54) is 11.3 Å². The van der Waals surface area contributed by atoms with Gasteiger partial charge >= 0.3 is 0 Å². The minimum Gasteiger partial charge on any atom is -0.497 e. The van der Waals surface area contributed by atoms with Gasteiger partial charge in [-0.15, -0.1) is 15.3 Å². The fraction of sp³-hybridized carbons (Fsp3) is 0.316. The lowest BCUT2D eigenvalue weighted by Crippen LogP contribution is -2.26. The van der Waals surface area contributed by atoms with E-state index >= 15 is 0 Å². The van der Waals surface area contributed by atoms with Gasteiger partial charge in [-0.2, -0.15) is 5.10 Å². The number of hydrogen-bond acceptors (Lipinski definition) is 9. The van der Waals surface area contributed by atoms with Crippen LogP contribution in [-0.2, 0) is 11.2 Å². The minimum atomic E-state index is -0.143. The Hall–Kier alpha value is -3.27. The van der Waals surface area contributed by atoms with Crippen LogP contribution < -0.4 is 20.3 Å². The molecule has 3 heterocycles. The van der Waals surface area contributed by atoms with E-state index in [4.69, 9.17) is 4.74 Å². The minimum absolute atomic E-state index is 0.143. The highest BCUT2D eigenvalue weighted by molar-refractivity contribution is 7.19. The van der Waals surface area contributed by atoms with Gasteiger partial charge in [0.05, 0.1) is 13.5 Å². The van der Waals surface area contributed by atoms with E-state index in [9.17, 15) is 4.79 Å². The number of methoxy groups -OCH3 is 1. The molecule has 1 fully saturated rings. The standard InChI is InChI=1S/C19H21N7O2S/c1-28-15-5-2-4-13(10-15)11-17(27)22-19-25-24-18(29-19)21-14-7-9-26(12-14)16-6-3-8-20-23-16/h2-6,8,10,14H,7,9,11-12H2,1H3,(H,21,24)(H,22,25,27)/t14-/m1/s1. The third kappa shape index (κ3) is 4.96. The first kappa shape index (κ1) is 19.1. The van der Waals surface area contributed by atoms with Crippen LogP contribution in [0.15, 0.2) is 42.6 Å². The molecule has 0 spiro atoms. The first-order valence-electron chi connectivity index (χ1n) is 9.25. The summed E-state index contributed by atoms with van der Waals surface area (Å²) in [4.78, 5) is 14.5. The van der Waals surface area contributed by atoms with E-state index in [2.05, 4.69) is 35.9 Å². The van der Waals surface area contributed by atoms with Gasteiger partial charge in [0.15, 0.2) is 5.82 Å². The third-order valence-corrected chi connectivity index (χ3v) is 5.34. The fourth-order valence-electron chi connectivity index (χ4n) is 3.19. The maximum atomic E-state index is 12.3. The molecule has 1 aliphatic rings. The van der Waals surface area contributed by atoms with Gasteiger partial charge in [-0.25, -0.2) is 0 Å². The zero-order chi connectivity index (χ0) is 20.1. The molecule has 4 rings (SSSR count). The Kier molecular flexibility index (Phi) is 5.80. The summed E-state index contributed by atoms with van der Waals surface area (Å²) in [6, 6.07) is 11.5. The average Bonchev–Trinajstić information content (AvgIpc) is 3.38. The Morgan fingerprint density at radius 3 is 2.97 bits per heavy atom. The van der Waals surface area contributed by atoms with Gasteiger partial charge in [0, 0.05) is 25.3 Å². The molecule has 0 radical (unpaired) electrons. The van der Waals surface area contributed by atoms with Crippen LogP contribution in [0.3, 0.4) is 0 Å². The number of carbonyl (C=O) groups excluding carboxylic acids is 1. The molecule has 0 bridgehead atoms. The normalized spacial score (nSPS) is 15.9. The molecule has 29 heavy (non-hydrogen) atoms. The second kappa shape index (κ2) is 8.82. The highest BCUT2D eigenvalue weighted by Crippen LogP contribution is 2.24. The summed E-state index contributed by atoms with van der Waals surface area (Å²) < 4.78 is 5.19. The van der Waals surface area contributed by atoms with E-state index in [0.717, 1.165) is 36.6 Å². The van der Waals surface area contributed by atoms with Crippen LogP contribution in [0.2, 0.25) is 0 Å². The van der Waals surface area contributed by atoms with Crippen molar-refractivity contribution in [1.82, 2.24) is 20.4 Å². The molecule has 10 heteroatoms. The summed E-state index contributed by atoms with van der Waals surface area (Å²) in [6.45, 7) is 1.72. The van der Waals surface area contributed by atoms with Crippen molar-refractivity contribution in [3.8, 4) is 5.75 Å². The number of aromatic nitrogens is 4. The monoisotopic (exact) mass is 411 g/mol. The first-order valence-corrected chi connectivity index (χ1v) is 10.1. The highest BCUT2D eigenvalue weighted by atomic mass is 32.1. The maximum Gasteiger partial charge on any atom is 0.230 e. The molecule has 1 aliphatic heterocycles. The summed E-state index contributed by atoms with van der Waals surface area (Å²) in [5, 5.41) is 23.6. The number of rotatable bonds is 7. The summed E-state index contributed by atoms with van der Waals surface area (Å²) >= 11 is 1.33. The Bertz CT molecular complexity index is 966. The van der Waals surface area contributed by atoms with E-state index in [1.807, 2.05) is 36.4 Å². The number of anilines is 3. The van der Waals surface area contributed by atoms with Gasteiger partial charge in [0.1, 0.15) is 5.75 Å². The molecule has 2 N–H and O–H groups in total. The Morgan fingerprint density at radius 2 is 2.14 bits per heavy atom. The number of ether oxygens (including phenoxy) is 1. The van der Waals surface area contributed by atoms with Gasteiger partial charge in [0.2, 0.25) is 16.2 Å². The van der Waals surface area contributed by atoms with Crippen LogP contribution >= 0.6 is 11.3 Å². The van der Waals surface area contributed by atoms with E-state index in [0.29, 0.717) is 10.3 Å². The highest BCUT2D eigenvalue weighted by Gasteiger charge is 2.24. The lowest BCUT2D eigenvalue weighted by atomic mass is 10.1. The predicted molar refractivity (Wildman–Crippen MR) is 112 cm³/mol. The molecule has 1 aromatic carbocycles. The third-order valence-electron chi connectivity index (χ3n) is 4.57. The van der Waals surface area contributed by atoms with Crippen molar-refractivity contribution in [2.45, 2.75) is 18.9 Å². The second-order valence-electron chi connectivity index (χ2n) is 6.65. The quantitative estimate of drug-likeness (QED) is 0.610. The molecule has 150 valence electrons. The van der Waals surface area contributed by atoms with Gasteiger partial charge in [0.25, 0.3) is 0 Å². The first-order chi connectivity index (χ1) is 14.2. The van der Waals surface area contributed by atoms with Crippen molar-refractivity contribution >= 4 is 33.3 Å². The summed E-state index contributed by atoms with van der Waals surface area (Å²) in [6.07, 6.45) is 2.88. The van der Waals surface area contributed by atoms with Crippen molar-refractivity contribution in [3.05, 3.63) is 48.2 Å². The fourth-order valence-corrected chi connectivity index (χ4v) is 3.92. The van der Waals surface area contributed by atoms with Crippen molar-refractivity contribution in [2.24, 2.45) is 0 Å². The lowest BCUT2D eigenvalue weighted by molar-refractivity contribution is -0.115. The molecule has 1 amide bonds. The van der Waals surface area contributed by atoms with E-state index < -0.39 is 0 Å².